The van der Waals surface area contributed by atoms with E-state index in [0.29, 0.717) is 23.8 Å². The Labute approximate surface area is 120 Å². The van der Waals surface area contributed by atoms with Gasteiger partial charge in [0, 0.05) is 18.6 Å². The molecule has 3 N–H and O–H groups in total. The van der Waals surface area contributed by atoms with Gasteiger partial charge in [-0.3, -0.25) is 9.89 Å². The first-order chi connectivity index (χ1) is 10.2. The molecule has 106 valence electrons. The van der Waals surface area contributed by atoms with E-state index in [0.717, 1.165) is 10.8 Å². The largest absolute Gasteiger partial charge is 0.383 e. The van der Waals surface area contributed by atoms with Crippen molar-refractivity contribution in [2.24, 2.45) is 0 Å². The van der Waals surface area contributed by atoms with Crippen molar-refractivity contribution in [2.45, 2.75) is 6.54 Å². The molecule has 0 unspecified atom stereocenters. The van der Waals surface area contributed by atoms with Crippen LogP contribution in [-0.4, -0.2) is 38.0 Å². The highest BCUT2D eigenvalue weighted by Gasteiger charge is 2.17. The number of pyridine rings is 1. The molecule has 7 nitrogen and oxygen atoms in total. The number of carbonyl (C=O) groups is 1. The zero-order valence-electron chi connectivity index (χ0n) is 11.4. The van der Waals surface area contributed by atoms with Gasteiger partial charge in [0.1, 0.15) is 18.0 Å². The number of carbonyl (C=O) groups excluding carboxylic acids is 1. The standard InChI is InChI=1S/C14H14N6O/c1-20(7-12-17-8-18-19-12)14(21)11-6-16-13(15)10-5-3-2-4-9(10)11/h2-6,8H,7H2,1H3,(H2,15,16)(H,17,18,19). The molecule has 0 saturated carbocycles. The molecule has 0 bridgehead atoms. The third-order valence-corrected chi connectivity index (χ3v) is 3.25. The van der Waals surface area contributed by atoms with Crippen molar-refractivity contribution < 1.29 is 4.79 Å². The summed E-state index contributed by atoms with van der Waals surface area (Å²) in [6.07, 6.45) is 2.92. The summed E-state index contributed by atoms with van der Waals surface area (Å²) in [5.41, 5.74) is 6.37. The van der Waals surface area contributed by atoms with Gasteiger partial charge in [0.05, 0.1) is 12.1 Å². The SMILES string of the molecule is CN(Cc1ncn[nH]1)C(=O)c1cnc(N)c2ccccc12. The second-order valence-corrected chi connectivity index (χ2v) is 4.70. The molecule has 21 heavy (non-hydrogen) atoms. The lowest BCUT2D eigenvalue weighted by atomic mass is 10.1. The Morgan fingerprint density at radius 2 is 2.05 bits per heavy atom. The lowest BCUT2D eigenvalue weighted by Crippen LogP contribution is -2.27. The van der Waals surface area contributed by atoms with Crippen LogP contribution in [0.2, 0.25) is 0 Å². The van der Waals surface area contributed by atoms with Crippen LogP contribution in [0.1, 0.15) is 16.2 Å². The molecule has 2 aromatic heterocycles. The van der Waals surface area contributed by atoms with E-state index in [1.165, 1.54) is 12.5 Å². The smallest absolute Gasteiger partial charge is 0.256 e. The van der Waals surface area contributed by atoms with E-state index in [1.54, 1.807) is 11.9 Å². The van der Waals surface area contributed by atoms with Crippen LogP contribution in [0.5, 0.6) is 0 Å². The fourth-order valence-electron chi connectivity index (χ4n) is 2.19. The number of rotatable bonds is 3. The molecule has 1 aromatic carbocycles. The van der Waals surface area contributed by atoms with Gasteiger partial charge in [-0.2, -0.15) is 5.10 Å². The van der Waals surface area contributed by atoms with Gasteiger partial charge < -0.3 is 10.6 Å². The van der Waals surface area contributed by atoms with Crippen LogP contribution >= 0.6 is 0 Å². The van der Waals surface area contributed by atoms with E-state index in [9.17, 15) is 4.79 Å². The van der Waals surface area contributed by atoms with Crippen molar-refractivity contribution in [3.8, 4) is 0 Å². The van der Waals surface area contributed by atoms with Gasteiger partial charge in [-0.15, -0.1) is 0 Å². The maximum absolute atomic E-state index is 12.6. The van der Waals surface area contributed by atoms with Gasteiger partial charge in [-0.05, 0) is 5.39 Å². The number of fused-ring (bicyclic) bond motifs is 1. The molecule has 3 rings (SSSR count). The van der Waals surface area contributed by atoms with Gasteiger partial charge in [-0.25, -0.2) is 9.97 Å². The molecule has 0 aliphatic rings. The molecule has 0 radical (unpaired) electrons. The number of nitrogens with zero attached hydrogens (tertiary/aromatic N) is 4. The average molecular weight is 282 g/mol. The fourth-order valence-corrected chi connectivity index (χ4v) is 2.19. The second kappa shape index (κ2) is 5.20. The topological polar surface area (TPSA) is 101 Å². The van der Waals surface area contributed by atoms with Crippen molar-refractivity contribution in [3.63, 3.8) is 0 Å². The Morgan fingerprint density at radius 1 is 1.29 bits per heavy atom. The molecule has 0 atom stereocenters. The summed E-state index contributed by atoms with van der Waals surface area (Å²) in [6.45, 7) is 0.345. The van der Waals surface area contributed by atoms with Gasteiger partial charge in [0.15, 0.2) is 0 Å². The molecule has 0 aliphatic heterocycles. The van der Waals surface area contributed by atoms with Crippen molar-refractivity contribution in [1.82, 2.24) is 25.1 Å². The highest BCUT2D eigenvalue weighted by molar-refractivity contribution is 6.08. The van der Waals surface area contributed by atoms with Crippen molar-refractivity contribution >= 4 is 22.5 Å². The van der Waals surface area contributed by atoms with E-state index >= 15 is 0 Å². The summed E-state index contributed by atoms with van der Waals surface area (Å²) in [6, 6.07) is 7.45. The third-order valence-electron chi connectivity index (χ3n) is 3.25. The van der Waals surface area contributed by atoms with Gasteiger partial charge in [0.25, 0.3) is 5.91 Å². The molecular formula is C14H14N6O. The summed E-state index contributed by atoms with van der Waals surface area (Å²) in [7, 11) is 1.70. The van der Waals surface area contributed by atoms with Crippen LogP contribution in [0.3, 0.4) is 0 Å². The maximum atomic E-state index is 12.6. The first kappa shape index (κ1) is 13.0. The first-order valence-electron chi connectivity index (χ1n) is 6.39. The summed E-state index contributed by atoms with van der Waals surface area (Å²) in [5.74, 6) is 0.897. The molecule has 2 heterocycles. The van der Waals surface area contributed by atoms with Crippen molar-refractivity contribution in [1.29, 1.82) is 0 Å². The minimum absolute atomic E-state index is 0.143. The number of H-pyrrole nitrogens is 1. The lowest BCUT2D eigenvalue weighted by Gasteiger charge is -2.17. The number of hydrogen-bond donors (Lipinski definition) is 2. The molecule has 0 saturated heterocycles. The Hall–Kier alpha value is -2.96. The zero-order chi connectivity index (χ0) is 14.8. The number of nitrogens with two attached hydrogens (primary N) is 1. The number of hydrogen-bond acceptors (Lipinski definition) is 5. The van der Waals surface area contributed by atoms with Crippen LogP contribution in [0.25, 0.3) is 10.8 Å². The minimum atomic E-state index is -0.143. The van der Waals surface area contributed by atoms with Crippen molar-refractivity contribution in [2.75, 3.05) is 12.8 Å². The van der Waals surface area contributed by atoms with Crippen LogP contribution in [0.4, 0.5) is 5.82 Å². The van der Waals surface area contributed by atoms with E-state index in [1.807, 2.05) is 24.3 Å². The second-order valence-electron chi connectivity index (χ2n) is 4.70. The Morgan fingerprint density at radius 3 is 2.76 bits per heavy atom. The summed E-state index contributed by atoms with van der Waals surface area (Å²) in [4.78, 5) is 22.2. The number of benzene rings is 1. The predicted octanol–water partition coefficient (Wildman–Crippen LogP) is 1.21. The number of anilines is 1. The van der Waals surface area contributed by atoms with E-state index < -0.39 is 0 Å². The minimum Gasteiger partial charge on any atom is -0.383 e. The monoisotopic (exact) mass is 282 g/mol. The molecule has 3 aromatic rings. The number of nitrogens with one attached hydrogen (secondary N) is 1. The van der Waals surface area contributed by atoms with E-state index in [4.69, 9.17) is 5.73 Å². The normalized spacial score (nSPS) is 10.7. The molecular weight excluding hydrogens is 268 g/mol. The van der Waals surface area contributed by atoms with Crippen molar-refractivity contribution in [3.05, 3.63) is 48.2 Å². The first-order valence-corrected chi connectivity index (χ1v) is 6.39. The molecule has 1 amide bonds. The van der Waals surface area contributed by atoms with Gasteiger partial charge in [0.2, 0.25) is 0 Å². The average Bonchev–Trinajstić information content (AvgIpc) is 3.00. The zero-order valence-corrected chi connectivity index (χ0v) is 11.4. The molecule has 0 aliphatic carbocycles. The van der Waals surface area contributed by atoms with Gasteiger partial charge >= 0.3 is 0 Å². The Bertz CT molecular complexity index is 783. The van der Waals surface area contributed by atoms with E-state index in [2.05, 4.69) is 20.2 Å². The molecule has 0 fully saturated rings. The fraction of sp³-hybridized carbons (Fsp3) is 0.143. The maximum Gasteiger partial charge on any atom is 0.256 e. The molecule has 0 spiro atoms. The van der Waals surface area contributed by atoms with Crippen LogP contribution in [0.15, 0.2) is 36.8 Å². The molecule has 7 heteroatoms. The summed E-state index contributed by atoms with van der Waals surface area (Å²) >= 11 is 0. The Balaban J connectivity index is 1.96. The predicted molar refractivity (Wildman–Crippen MR) is 78.3 cm³/mol. The van der Waals surface area contributed by atoms with Crippen LogP contribution in [0, 0.1) is 0 Å². The number of aromatic nitrogens is 4. The number of nitrogen functional groups attached to an aromatic ring is 1. The Kier molecular flexibility index (Phi) is 3.23. The number of amides is 1. The van der Waals surface area contributed by atoms with Crippen LogP contribution < -0.4 is 5.73 Å². The third kappa shape index (κ3) is 2.40. The van der Waals surface area contributed by atoms with Gasteiger partial charge in [-0.1, -0.05) is 24.3 Å². The lowest BCUT2D eigenvalue weighted by molar-refractivity contribution is 0.0783. The summed E-state index contributed by atoms with van der Waals surface area (Å²) in [5, 5.41) is 8.06. The quantitative estimate of drug-likeness (QED) is 0.752. The highest BCUT2D eigenvalue weighted by atomic mass is 16.2. The van der Waals surface area contributed by atoms with E-state index in [-0.39, 0.29) is 5.91 Å². The highest BCUT2D eigenvalue weighted by Crippen LogP contribution is 2.23. The van der Waals surface area contributed by atoms with Crippen LogP contribution in [-0.2, 0) is 6.54 Å². The number of aromatic amines is 1. The summed E-state index contributed by atoms with van der Waals surface area (Å²) < 4.78 is 0.